The van der Waals surface area contributed by atoms with Crippen LogP contribution in [0.25, 0.3) is 11.3 Å². The topological polar surface area (TPSA) is 45.7 Å². The summed E-state index contributed by atoms with van der Waals surface area (Å²) in [4.78, 5) is 23.4. The third-order valence-electron chi connectivity index (χ3n) is 5.70. The molecule has 1 aromatic carbocycles. The Kier molecular flexibility index (Phi) is 5.69. The number of amides is 1. The van der Waals surface area contributed by atoms with Crippen LogP contribution >= 0.6 is 11.3 Å². The van der Waals surface area contributed by atoms with Crippen molar-refractivity contribution in [3.63, 3.8) is 0 Å². The first-order valence-corrected chi connectivity index (χ1v) is 11.2. The van der Waals surface area contributed by atoms with E-state index in [0.717, 1.165) is 47.3 Å². The van der Waals surface area contributed by atoms with Gasteiger partial charge in [0.15, 0.2) is 6.10 Å². The van der Waals surface area contributed by atoms with Crippen molar-refractivity contribution < 1.29 is 9.53 Å². The van der Waals surface area contributed by atoms with Crippen molar-refractivity contribution in [1.82, 2.24) is 9.88 Å². The molecule has 2 aromatic rings. The molecule has 1 saturated heterocycles. The lowest BCUT2D eigenvalue weighted by Crippen LogP contribution is -2.48. The zero-order chi connectivity index (χ0) is 19.7. The first kappa shape index (κ1) is 19.4. The molecule has 2 aliphatic heterocycles. The van der Waals surface area contributed by atoms with E-state index in [0.29, 0.717) is 13.0 Å². The Labute approximate surface area is 171 Å². The van der Waals surface area contributed by atoms with E-state index in [1.54, 1.807) is 11.3 Å². The lowest BCUT2D eigenvalue weighted by molar-refractivity contribution is -0.126. The van der Waals surface area contributed by atoms with E-state index in [2.05, 4.69) is 24.0 Å². The van der Waals surface area contributed by atoms with E-state index >= 15 is 0 Å². The second-order valence-corrected chi connectivity index (χ2v) is 9.13. The molecule has 1 fully saturated rings. The molecule has 3 heterocycles. The molecule has 0 radical (unpaired) electrons. The molecule has 1 unspecified atom stereocenters. The second-order valence-electron chi connectivity index (χ2n) is 7.73. The number of aryl methyl sites for hydroxylation is 2. The van der Waals surface area contributed by atoms with Gasteiger partial charge in [-0.2, -0.15) is 0 Å². The Balaban J connectivity index is 1.64. The highest BCUT2D eigenvalue weighted by molar-refractivity contribution is 7.11. The minimum absolute atomic E-state index is 0.0790. The average molecular weight is 400 g/mol. The molecule has 1 atom stereocenters. The number of thiazole rings is 1. The van der Waals surface area contributed by atoms with Gasteiger partial charge in [0, 0.05) is 23.5 Å². The monoisotopic (exact) mass is 399 g/mol. The van der Waals surface area contributed by atoms with Crippen LogP contribution in [-0.2, 0) is 4.79 Å². The summed E-state index contributed by atoms with van der Waals surface area (Å²) in [6.45, 7) is 10.0. The number of aromatic nitrogens is 1. The van der Waals surface area contributed by atoms with Gasteiger partial charge >= 0.3 is 0 Å². The Morgan fingerprint density at radius 3 is 2.64 bits per heavy atom. The molecule has 4 rings (SSSR count). The highest BCUT2D eigenvalue weighted by Crippen LogP contribution is 2.39. The second kappa shape index (κ2) is 8.21. The molecule has 0 bridgehead atoms. The van der Waals surface area contributed by atoms with Gasteiger partial charge in [-0.25, -0.2) is 4.98 Å². The number of benzene rings is 1. The number of hydrogen-bond acceptors (Lipinski definition) is 5. The van der Waals surface area contributed by atoms with Gasteiger partial charge in [0.25, 0.3) is 5.91 Å². The highest BCUT2D eigenvalue weighted by atomic mass is 32.1. The fourth-order valence-corrected chi connectivity index (χ4v) is 5.02. The van der Waals surface area contributed by atoms with Crippen molar-refractivity contribution in [2.45, 2.75) is 52.6 Å². The number of nitrogens with zero attached hydrogens (tertiary/aromatic N) is 3. The van der Waals surface area contributed by atoms with E-state index in [9.17, 15) is 4.79 Å². The summed E-state index contributed by atoms with van der Waals surface area (Å²) in [6, 6.07) is 6.14. The quantitative estimate of drug-likeness (QED) is 0.747. The molecule has 5 nitrogen and oxygen atoms in total. The van der Waals surface area contributed by atoms with Crippen LogP contribution in [0.15, 0.2) is 18.2 Å². The molecule has 6 heteroatoms. The fraction of sp³-hybridized carbons (Fsp3) is 0.545. The van der Waals surface area contributed by atoms with Gasteiger partial charge in [-0.1, -0.05) is 13.3 Å². The summed E-state index contributed by atoms with van der Waals surface area (Å²) in [6.07, 6.45) is 4.15. The Morgan fingerprint density at radius 2 is 1.96 bits per heavy atom. The minimum Gasteiger partial charge on any atom is -0.478 e. The first-order valence-electron chi connectivity index (χ1n) is 10.4. The Hall–Kier alpha value is -1.92. The third kappa shape index (κ3) is 3.80. The number of hydrogen-bond donors (Lipinski definition) is 0. The van der Waals surface area contributed by atoms with Gasteiger partial charge in [-0.15, -0.1) is 11.3 Å². The van der Waals surface area contributed by atoms with Crippen LogP contribution in [0.3, 0.4) is 0 Å². The number of ether oxygens (including phenoxy) is 1. The summed E-state index contributed by atoms with van der Waals surface area (Å²) in [7, 11) is 0. The largest absolute Gasteiger partial charge is 0.478 e. The maximum absolute atomic E-state index is 13.1. The predicted octanol–water partition coefficient (Wildman–Crippen LogP) is 4.42. The van der Waals surface area contributed by atoms with E-state index in [1.807, 2.05) is 24.8 Å². The van der Waals surface area contributed by atoms with E-state index < -0.39 is 0 Å². The van der Waals surface area contributed by atoms with Gasteiger partial charge in [0.2, 0.25) is 0 Å². The Bertz CT molecular complexity index is 857. The lowest BCUT2D eigenvalue weighted by Gasteiger charge is -2.36. The SMILES string of the molecule is CCC1Oc2ccc(-c3nc(C)sc3C)cc2N(CCN2CCCCC2)C1=O. The number of piperidine rings is 1. The molecule has 1 aromatic heterocycles. The van der Waals surface area contributed by atoms with Crippen molar-refractivity contribution in [2.24, 2.45) is 0 Å². The third-order valence-corrected chi connectivity index (χ3v) is 6.58. The maximum Gasteiger partial charge on any atom is 0.268 e. The molecule has 0 N–H and O–H groups in total. The molecule has 0 aliphatic carbocycles. The van der Waals surface area contributed by atoms with Crippen molar-refractivity contribution in [2.75, 3.05) is 31.1 Å². The van der Waals surface area contributed by atoms with Gasteiger partial charge in [-0.05, 0) is 64.4 Å². The van der Waals surface area contributed by atoms with Crippen molar-refractivity contribution in [3.05, 3.63) is 28.1 Å². The van der Waals surface area contributed by atoms with Crippen LogP contribution in [-0.4, -0.2) is 48.1 Å². The van der Waals surface area contributed by atoms with Crippen LogP contribution in [0.1, 0.15) is 42.5 Å². The molecule has 2 aliphatic rings. The first-order chi connectivity index (χ1) is 13.6. The number of fused-ring (bicyclic) bond motifs is 1. The van der Waals surface area contributed by atoms with Gasteiger partial charge in [-0.3, -0.25) is 4.79 Å². The fourth-order valence-electron chi connectivity index (χ4n) is 4.18. The number of rotatable bonds is 5. The summed E-state index contributed by atoms with van der Waals surface area (Å²) in [5, 5.41) is 1.06. The molecule has 28 heavy (non-hydrogen) atoms. The van der Waals surface area contributed by atoms with Crippen LogP contribution in [0.2, 0.25) is 0 Å². The van der Waals surface area contributed by atoms with E-state index in [-0.39, 0.29) is 12.0 Å². The molecule has 0 spiro atoms. The van der Waals surface area contributed by atoms with Crippen molar-refractivity contribution in [1.29, 1.82) is 0 Å². The van der Waals surface area contributed by atoms with Crippen molar-refractivity contribution >= 4 is 22.9 Å². The van der Waals surface area contributed by atoms with E-state index in [1.165, 1.54) is 24.1 Å². The van der Waals surface area contributed by atoms with Gasteiger partial charge in [0.05, 0.1) is 16.4 Å². The zero-order valence-electron chi connectivity index (χ0n) is 17.0. The molecule has 0 saturated carbocycles. The number of likely N-dealkylation sites (tertiary alicyclic amines) is 1. The standard InChI is InChI=1S/C22H29N3O2S/c1-4-19-22(26)25(13-12-24-10-6-5-7-11-24)18-14-17(8-9-20(18)27-19)21-15(2)28-16(3)23-21/h8-9,14,19H,4-7,10-13H2,1-3H3. The highest BCUT2D eigenvalue weighted by Gasteiger charge is 2.33. The molecule has 1 amide bonds. The zero-order valence-corrected chi connectivity index (χ0v) is 17.8. The number of anilines is 1. The molecule has 150 valence electrons. The predicted molar refractivity (Wildman–Crippen MR) is 114 cm³/mol. The summed E-state index contributed by atoms with van der Waals surface area (Å²) in [5.41, 5.74) is 2.94. The van der Waals surface area contributed by atoms with Crippen LogP contribution in [0.4, 0.5) is 5.69 Å². The summed E-state index contributed by atoms with van der Waals surface area (Å²) >= 11 is 1.71. The van der Waals surface area contributed by atoms with Crippen LogP contribution in [0.5, 0.6) is 5.75 Å². The number of carbonyl (C=O) groups is 1. The molecular formula is C22H29N3O2S. The lowest BCUT2D eigenvalue weighted by atomic mass is 10.1. The van der Waals surface area contributed by atoms with E-state index in [4.69, 9.17) is 9.72 Å². The minimum atomic E-state index is -0.386. The van der Waals surface area contributed by atoms with Crippen molar-refractivity contribution in [3.8, 4) is 17.0 Å². The smallest absolute Gasteiger partial charge is 0.268 e. The number of carbonyl (C=O) groups excluding carboxylic acids is 1. The Morgan fingerprint density at radius 1 is 1.18 bits per heavy atom. The van der Waals surface area contributed by atoms with Gasteiger partial charge < -0.3 is 14.5 Å². The molecular weight excluding hydrogens is 370 g/mol. The summed E-state index contributed by atoms with van der Waals surface area (Å²) in [5.74, 6) is 0.883. The average Bonchev–Trinajstić information content (AvgIpc) is 3.05. The maximum atomic E-state index is 13.1. The van der Waals surface area contributed by atoms with Crippen LogP contribution in [0, 0.1) is 13.8 Å². The normalized spacial score (nSPS) is 20.2. The van der Waals surface area contributed by atoms with Gasteiger partial charge in [0.1, 0.15) is 5.75 Å². The van der Waals surface area contributed by atoms with Crippen LogP contribution < -0.4 is 9.64 Å². The summed E-state index contributed by atoms with van der Waals surface area (Å²) < 4.78 is 6.02.